The molecule has 180 valence electrons. The van der Waals surface area contributed by atoms with Gasteiger partial charge >= 0.3 is 6.18 Å². The molecule has 0 radical (unpaired) electrons. The Bertz CT molecular complexity index is 1240. The summed E-state index contributed by atoms with van der Waals surface area (Å²) in [5, 5.41) is 3.40. The number of aryl methyl sites for hydroxylation is 2. The number of benzene rings is 1. The molecular formula is C25H25ClF3N3O2. The van der Waals surface area contributed by atoms with Crippen LogP contribution in [-0.4, -0.2) is 34.7 Å². The number of carbonyl (C=O) groups is 1. The maximum Gasteiger partial charge on any atom is 0.398 e. The molecular weight excluding hydrogens is 467 g/mol. The first-order valence-corrected chi connectivity index (χ1v) is 11.5. The van der Waals surface area contributed by atoms with Gasteiger partial charge in [0.05, 0.1) is 16.8 Å². The van der Waals surface area contributed by atoms with Crippen LogP contribution >= 0.6 is 11.6 Å². The van der Waals surface area contributed by atoms with E-state index in [-0.39, 0.29) is 17.4 Å². The van der Waals surface area contributed by atoms with Crippen LogP contribution in [-0.2, 0) is 6.42 Å². The number of pyridine rings is 2. The smallest absolute Gasteiger partial charge is 0.398 e. The topological polar surface area (TPSA) is 64.1 Å². The second-order valence-electron chi connectivity index (χ2n) is 8.59. The molecule has 1 amide bonds. The zero-order chi connectivity index (χ0) is 24.6. The first-order chi connectivity index (χ1) is 16.1. The van der Waals surface area contributed by atoms with Crippen LogP contribution in [0.3, 0.4) is 0 Å². The van der Waals surface area contributed by atoms with Gasteiger partial charge in [0, 0.05) is 29.4 Å². The minimum Gasteiger partial charge on any atom is -0.488 e. The second-order valence-corrected chi connectivity index (χ2v) is 9.03. The summed E-state index contributed by atoms with van der Waals surface area (Å²) in [6.45, 7) is 4.79. The summed E-state index contributed by atoms with van der Waals surface area (Å²) >= 11 is 6.05. The van der Waals surface area contributed by atoms with Crippen LogP contribution in [0.2, 0.25) is 5.02 Å². The summed E-state index contributed by atoms with van der Waals surface area (Å²) < 4.78 is 47.8. The van der Waals surface area contributed by atoms with Crippen LogP contribution in [0.5, 0.6) is 5.75 Å². The van der Waals surface area contributed by atoms with Gasteiger partial charge in [-0.3, -0.25) is 14.8 Å². The molecule has 4 rings (SSSR count). The van der Waals surface area contributed by atoms with Crippen molar-refractivity contribution in [2.24, 2.45) is 0 Å². The molecule has 5 nitrogen and oxygen atoms in total. The van der Waals surface area contributed by atoms with Crippen LogP contribution in [0.1, 0.15) is 58.6 Å². The number of nitrogens with zero attached hydrogens (tertiary/aromatic N) is 2. The zero-order valence-electron chi connectivity index (χ0n) is 19.1. The van der Waals surface area contributed by atoms with Gasteiger partial charge in [0.25, 0.3) is 5.91 Å². The summed E-state index contributed by atoms with van der Waals surface area (Å²) in [5.74, 6) is -2.16. The van der Waals surface area contributed by atoms with E-state index in [1.54, 1.807) is 19.1 Å². The van der Waals surface area contributed by atoms with Crippen molar-refractivity contribution in [2.45, 2.75) is 58.2 Å². The van der Waals surface area contributed by atoms with Crippen molar-refractivity contribution in [1.82, 2.24) is 15.3 Å². The molecule has 0 saturated heterocycles. The molecule has 1 atom stereocenters. The molecule has 34 heavy (non-hydrogen) atoms. The van der Waals surface area contributed by atoms with Crippen molar-refractivity contribution >= 4 is 28.4 Å². The lowest BCUT2D eigenvalue weighted by Crippen LogP contribution is -2.35. The molecule has 1 fully saturated rings. The van der Waals surface area contributed by atoms with Gasteiger partial charge in [-0.15, -0.1) is 0 Å². The van der Waals surface area contributed by atoms with Crippen LogP contribution < -0.4 is 10.1 Å². The molecule has 1 aliphatic carbocycles. The fraction of sp³-hybridized carbons (Fsp3) is 0.400. The Morgan fingerprint density at radius 2 is 1.97 bits per heavy atom. The van der Waals surface area contributed by atoms with E-state index in [9.17, 15) is 18.0 Å². The monoisotopic (exact) mass is 491 g/mol. The Hall–Kier alpha value is -2.87. The van der Waals surface area contributed by atoms with Gasteiger partial charge in [-0.2, -0.15) is 13.2 Å². The number of carbonyl (C=O) groups excluding carboxylic acids is 1. The third-order valence-corrected chi connectivity index (χ3v) is 6.24. The van der Waals surface area contributed by atoms with Gasteiger partial charge in [-0.1, -0.05) is 18.5 Å². The Labute approximate surface area is 200 Å². The molecule has 1 aromatic carbocycles. The number of aromatic nitrogens is 2. The van der Waals surface area contributed by atoms with E-state index in [0.717, 1.165) is 24.0 Å². The fourth-order valence-electron chi connectivity index (χ4n) is 3.84. The van der Waals surface area contributed by atoms with Gasteiger partial charge < -0.3 is 10.1 Å². The Kier molecular flexibility index (Phi) is 6.71. The van der Waals surface area contributed by atoms with Crippen molar-refractivity contribution in [2.75, 3.05) is 6.54 Å². The Morgan fingerprint density at radius 3 is 2.62 bits per heavy atom. The molecule has 2 heterocycles. The predicted molar refractivity (Wildman–Crippen MR) is 125 cm³/mol. The first kappa shape index (κ1) is 24.3. The molecule has 1 saturated carbocycles. The molecule has 1 unspecified atom stereocenters. The number of amides is 1. The minimum atomic E-state index is -4.58. The number of hydrogen-bond donors (Lipinski definition) is 1. The summed E-state index contributed by atoms with van der Waals surface area (Å²) in [6.07, 6.45) is -0.635. The van der Waals surface area contributed by atoms with E-state index < -0.39 is 24.5 Å². The number of ether oxygens (including phenoxy) is 1. The lowest BCUT2D eigenvalue weighted by atomic mass is 9.97. The number of hydrogen-bond acceptors (Lipinski definition) is 4. The molecule has 9 heteroatoms. The summed E-state index contributed by atoms with van der Waals surface area (Å²) in [7, 11) is 0. The average Bonchev–Trinajstić information content (AvgIpc) is 3.58. The lowest BCUT2D eigenvalue weighted by molar-refractivity contribution is -0.149. The number of halogens is 4. The SMILES string of the molecule is CCc1cc(C(CNC(=O)c2cc(OC3CC3)c3ncc(Cl)cc3c2)C(F)(F)F)nc(C)c1C. The third-order valence-electron chi connectivity index (χ3n) is 6.04. The molecule has 1 aliphatic rings. The van der Waals surface area contributed by atoms with Crippen molar-refractivity contribution < 1.29 is 22.7 Å². The highest BCUT2D eigenvalue weighted by molar-refractivity contribution is 6.31. The molecule has 3 aromatic rings. The summed E-state index contributed by atoms with van der Waals surface area (Å²) in [4.78, 5) is 21.4. The standard InChI is InChI=1S/C25H25ClF3N3O2/c1-4-15-9-21(32-14(3)13(15)2)20(25(27,28)29)12-31-24(33)17-7-16-8-18(26)11-30-23(16)22(10-17)34-19-5-6-19/h7-11,19-20H,4-6,12H2,1-3H3,(H,31,33). The number of nitrogens with one attached hydrogen (secondary N) is 1. The largest absolute Gasteiger partial charge is 0.488 e. The van der Waals surface area contributed by atoms with Crippen molar-refractivity contribution in [3.63, 3.8) is 0 Å². The zero-order valence-corrected chi connectivity index (χ0v) is 19.8. The van der Waals surface area contributed by atoms with E-state index in [1.807, 2.05) is 13.8 Å². The van der Waals surface area contributed by atoms with E-state index >= 15 is 0 Å². The quantitative estimate of drug-likeness (QED) is 0.435. The third kappa shape index (κ3) is 5.27. The van der Waals surface area contributed by atoms with Crippen molar-refractivity contribution in [3.8, 4) is 5.75 Å². The van der Waals surface area contributed by atoms with Gasteiger partial charge in [0.15, 0.2) is 0 Å². The van der Waals surface area contributed by atoms with E-state index in [1.165, 1.54) is 18.3 Å². The van der Waals surface area contributed by atoms with E-state index in [0.29, 0.717) is 33.8 Å². The summed E-state index contributed by atoms with van der Waals surface area (Å²) in [5.41, 5.74) is 2.87. The summed E-state index contributed by atoms with van der Waals surface area (Å²) in [6, 6.07) is 6.19. The maximum absolute atomic E-state index is 14.0. The van der Waals surface area contributed by atoms with Crippen molar-refractivity contribution in [3.05, 3.63) is 63.6 Å². The average molecular weight is 492 g/mol. The van der Waals surface area contributed by atoms with Gasteiger partial charge in [0.1, 0.15) is 17.2 Å². The van der Waals surface area contributed by atoms with Crippen LogP contribution in [0.25, 0.3) is 10.9 Å². The number of rotatable bonds is 7. The van der Waals surface area contributed by atoms with Gasteiger partial charge in [-0.25, -0.2) is 0 Å². The highest BCUT2D eigenvalue weighted by Gasteiger charge is 2.42. The minimum absolute atomic E-state index is 0.0530. The highest BCUT2D eigenvalue weighted by Crippen LogP contribution is 2.36. The molecule has 2 aromatic heterocycles. The van der Waals surface area contributed by atoms with Crippen LogP contribution in [0.4, 0.5) is 13.2 Å². The second kappa shape index (κ2) is 9.41. The first-order valence-electron chi connectivity index (χ1n) is 11.1. The van der Waals surface area contributed by atoms with Crippen molar-refractivity contribution in [1.29, 1.82) is 0 Å². The molecule has 0 bridgehead atoms. The molecule has 0 spiro atoms. The molecule has 1 N–H and O–H groups in total. The van der Waals surface area contributed by atoms with E-state index in [2.05, 4.69) is 15.3 Å². The Morgan fingerprint density at radius 1 is 1.24 bits per heavy atom. The highest BCUT2D eigenvalue weighted by atomic mass is 35.5. The van der Waals surface area contributed by atoms with Crippen LogP contribution in [0.15, 0.2) is 30.5 Å². The number of fused-ring (bicyclic) bond motifs is 1. The lowest BCUT2D eigenvalue weighted by Gasteiger charge is -2.22. The van der Waals surface area contributed by atoms with Crippen LogP contribution in [0, 0.1) is 13.8 Å². The molecule has 0 aliphatic heterocycles. The fourth-order valence-corrected chi connectivity index (χ4v) is 4.00. The van der Waals surface area contributed by atoms with Gasteiger partial charge in [0.2, 0.25) is 0 Å². The normalized spacial score (nSPS) is 14.8. The number of alkyl halides is 3. The predicted octanol–water partition coefficient (Wildman–Crippen LogP) is 6.08. The maximum atomic E-state index is 14.0. The Balaban J connectivity index is 1.61. The van der Waals surface area contributed by atoms with Gasteiger partial charge in [-0.05, 0) is 68.5 Å². The van der Waals surface area contributed by atoms with E-state index in [4.69, 9.17) is 16.3 Å².